The van der Waals surface area contributed by atoms with E-state index in [0.29, 0.717) is 17.9 Å². The molecule has 0 saturated heterocycles. The Balaban J connectivity index is 1.83. The van der Waals surface area contributed by atoms with Gasteiger partial charge in [-0.15, -0.1) is 0 Å². The molecule has 0 radical (unpaired) electrons. The number of hydrogen-bond acceptors (Lipinski definition) is 3. The van der Waals surface area contributed by atoms with Gasteiger partial charge in [-0.1, -0.05) is 12.2 Å². The highest BCUT2D eigenvalue weighted by molar-refractivity contribution is 5.95. The van der Waals surface area contributed by atoms with Gasteiger partial charge in [0.1, 0.15) is 5.75 Å². The Labute approximate surface area is 124 Å². The fourth-order valence-electron chi connectivity index (χ4n) is 2.19. The third-order valence-corrected chi connectivity index (χ3v) is 3.37. The van der Waals surface area contributed by atoms with Crippen LogP contribution in [0.2, 0.25) is 0 Å². The molecule has 1 atom stereocenters. The van der Waals surface area contributed by atoms with Crippen molar-refractivity contribution in [1.82, 2.24) is 10.9 Å². The molecule has 1 aromatic rings. The molecule has 112 valence electrons. The molecular weight excluding hydrogens is 268 g/mol. The zero-order chi connectivity index (χ0) is 15.1. The Morgan fingerprint density at radius 2 is 1.95 bits per heavy atom. The summed E-state index contributed by atoms with van der Waals surface area (Å²) in [6, 6.07) is 6.78. The summed E-state index contributed by atoms with van der Waals surface area (Å²) in [4.78, 5) is 23.8. The molecule has 2 N–H and O–H groups in total. The number of carbonyl (C=O) groups is 2. The molecule has 0 unspecified atom stereocenters. The Bertz CT molecular complexity index is 523. The van der Waals surface area contributed by atoms with Crippen molar-refractivity contribution in [3.63, 3.8) is 0 Å². The Hall–Kier alpha value is -2.30. The molecule has 2 rings (SSSR count). The van der Waals surface area contributed by atoms with Crippen molar-refractivity contribution in [1.29, 1.82) is 0 Å². The number of carbonyl (C=O) groups excluding carboxylic acids is 2. The molecule has 1 aliphatic rings. The number of hydrogen-bond donors (Lipinski definition) is 2. The molecule has 1 aliphatic carbocycles. The second kappa shape index (κ2) is 7.47. The van der Waals surface area contributed by atoms with Gasteiger partial charge in [0, 0.05) is 11.5 Å². The number of allylic oxidation sites excluding steroid dienone is 2. The van der Waals surface area contributed by atoms with E-state index in [4.69, 9.17) is 4.74 Å². The Morgan fingerprint density at radius 1 is 1.19 bits per heavy atom. The third kappa shape index (κ3) is 4.34. The van der Waals surface area contributed by atoms with E-state index in [1.165, 1.54) is 0 Å². The predicted octanol–water partition coefficient (Wildman–Crippen LogP) is 2.20. The summed E-state index contributed by atoms with van der Waals surface area (Å²) in [5, 5.41) is 0. The van der Waals surface area contributed by atoms with Crippen molar-refractivity contribution in [3.8, 4) is 5.75 Å². The topological polar surface area (TPSA) is 67.4 Å². The number of benzene rings is 1. The van der Waals surface area contributed by atoms with E-state index < -0.39 is 0 Å². The van der Waals surface area contributed by atoms with Gasteiger partial charge in [0.2, 0.25) is 5.91 Å². The first kappa shape index (κ1) is 15.1. The minimum atomic E-state index is -0.335. The van der Waals surface area contributed by atoms with Crippen molar-refractivity contribution >= 4 is 11.8 Å². The minimum absolute atomic E-state index is 0.0596. The summed E-state index contributed by atoms with van der Waals surface area (Å²) in [7, 11) is 0. The quantitative estimate of drug-likeness (QED) is 0.659. The maximum absolute atomic E-state index is 11.9. The van der Waals surface area contributed by atoms with E-state index >= 15 is 0 Å². The number of nitrogens with one attached hydrogen (secondary N) is 2. The second-order valence-electron chi connectivity index (χ2n) is 4.88. The summed E-state index contributed by atoms with van der Waals surface area (Å²) >= 11 is 0. The molecule has 0 spiro atoms. The molecule has 2 amide bonds. The van der Waals surface area contributed by atoms with Gasteiger partial charge in [-0.25, -0.2) is 0 Å². The van der Waals surface area contributed by atoms with Crippen molar-refractivity contribution in [2.24, 2.45) is 5.92 Å². The van der Waals surface area contributed by atoms with Crippen molar-refractivity contribution in [2.75, 3.05) is 6.61 Å². The van der Waals surface area contributed by atoms with E-state index in [0.717, 1.165) is 19.3 Å². The van der Waals surface area contributed by atoms with Crippen LogP contribution in [0.4, 0.5) is 0 Å². The van der Waals surface area contributed by atoms with Gasteiger partial charge >= 0.3 is 0 Å². The van der Waals surface area contributed by atoms with Crippen LogP contribution in [-0.2, 0) is 4.79 Å². The van der Waals surface area contributed by atoms with Crippen LogP contribution in [0.15, 0.2) is 36.4 Å². The second-order valence-corrected chi connectivity index (χ2v) is 4.88. The highest BCUT2D eigenvalue weighted by atomic mass is 16.5. The lowest BCUT2D eigenvalue weighted by Crippen LogP contribution is -2.44. The predicted molar refractivity (Wildman–Crippen MR) is 79.7 cm³/mol. The van der Waals surface area contributed by atoms with Gasteiger partial charge < -0.3 is 4.74 Å². The molecule has 0 fully saturated rings. The number of rotatable bonds is 4. The molecular formula is C16H20N2O3. The van der Waals surface area contributed by atoms with Crippen LogP contribution in [0.3, 0.4) is 0 Å². The fraction of sp³-hybridized carbons (Fsp3) is 0.375. The van der Waals surface area contributed by atoms with Gasteiger partial charge in [-0.05, 0) is 50.5 Å². The van der Waals surface area contributed by atoms with E-state index in [9.17, 15) is 9.59 Å². The highest BCUT2D eigenvalue weighted by Crippen LogP contribution is 2.17. The first-order valence-electron chi connectivity index (χ1n) is 7.18. The van der Waals surface area contributed by atoms with Crippen molar-refractivity contribution in [2.45, 2.75) is 26.2 Å². The van der Waals surface area contributed by atoms with Crippen LogP contribution in [-0.4, -0.2) is 18.4 Å². The monoisotopic (exact) mass is 288 g/mol. The first-order valence-corrected chi connectivity index (χ1v) is 7.18. The number of amides is 2. The molecule has 5 nitrogen and oxygen atoms in total. The van der Waals surface area contributed by atoms with Crippen molar-refractivity contribution < 1.29 is 14.3 Å². The molecule has 5 heteroatoms. The minimum Gasteiger partial charge on any atom is -0.494 e. The summed E-state index contributed by atoms with van der Waals surface area (Å²) in [6.45, 7) is 2.48. The lowest BCUT2D eigenvalue weighted by molar-refractivity contribution is -0.126. The van der Waals surface area contributed by atoms with Crippen LogP contribution in [0.5, 0.6) is 5.75 Å². The maximum atomic E-state index is 11.9. The highest BCUT2D eigenvalue weighted by Gasteiger charge is 2.19. The van der Waals surface area contributed by atoms with Crippen LogP contribution >= 0.6 is 0 Å². The van der Waals surface area contributed by atoms with Gasteiger partial charge in [0.15, 0.2) is 0 Å². The molecule has 21 heavy (non-hydrogen) atoms. The molecule has 0 saturated carbocycles. The lowest BCUT2D eigenvalue weighted by atomic mass is 9.94. The number of hydrazine groups is 1. The average molecular weight is 288 g/mol. The Morgan fingerprint density at radius 3 is 2.57 bits per heavy atom. The number of ether oxygens (including phenoxy) is 1. The summed E-state index contributed by atoms with van der Waals surface area (Å²) in [5.74, 6) is 0.180. The van der Waals surface area contributed by atoms with Gasteiger partial charge in [-0.3, -0.25) is 20.4 Å². The standard InChI is InChI=1S/C16H20N2O3/c1-2-21-14-10-8-13(9-11-14)16(20)18-17-15(19)12-6-4-3-5-7-12/h3-4,8-12H,2,5-7H2,1H3,(H,17,19)(H,18,20)/t12-/m1/s1. The van der Waals surface area contributed by atoms with Crippen LogP contribution in [0, 0.1) is 5.92 Å². The van der Waals surface area contributed by atoms with E-state index in [-0.39, 0.29) is 17.7 Å². The fourth-order valence-corrected chi connectivity index (χ4v) is 2.19. The summed E-state index contributed by atoms with van der Waals surface area (Å²) < 4.78 is 5.31. The van der Waals surface area contributed by atoms with Crippen LogP contribution in [0.1, 0.15) is 36.5 Å². The molecule has 0 aliphatic heterocycles. The Kier molecular flexibility index (Phi) is 5.37. The van der Waals surface area contributed by atoms with E-state index in [1.54, 1.807) is 24.3 Å². The van der Waals surface area contributed by atoms with Crippen molar-refractivity contribution in [3.05, 3.63) is 42.0 Å². The SMILES string of the molecule is CCOc1ccc(C(=O)NNC(=O)[C@@H]2CC=CCC2)cc1. The maximum Gasteiger partial charge on any atom is 0.269 e. The zero-order valence-corrected chi connectivity index (χ0v) is 12.1. The molecule has 0 aromatic heterocycles. The summed E-state index contributed by atoms with van der Waals surface area (Å²) in [5.41, 5.74) is 5.41. The molecule has 0 bridgehead atoms. The largest absolute Gasteiger partial charge is 0.494 e. The van der Waals surface area contributed by atoms with Crippen LogP contribution in [0.25, 0.3) is 0 Å². The van der Waals surface area contributed by atoms with Gasteiger partial charge in [0.25, 0.3) is 5.91 Å². The first-order chi connectivity index (χ1) is 10.2. The summed E-state index contributed by atoms with van der Waals surface area (Å²) in [6.07, 6.45) is 6.53. The smallest absolute Gasteiger partial charge is 0.269 e. The van der Waals surface area contributed by atoms with Gasteiger partial charge in [-0.2, -0.15) is 0 Å². The van der Waals surface area contributed by atoms with E-state index in [2.05, 4.69) is 16.9 Å². The zero-order valence-electron chi connectivity index (χ0n) is 12.1. The van der Waals surface area contributed by atoms with Crippen LogP contribution < -0.4 is 15.6 Å². The third-order valence-electron chi connectivity index (χ3n) is 3.37. The van der Waals surface area contributed by atoms with Gasteiger partial charge in [0.05, 0.1) is 6.61 Å². The normalized spacial score (nSPS) is 17.1. The molecule has 0 heterocycles. The molecule has 1 aromatic carbocycles. The average Bonchev–Trinajstić information content (AvgIpc) is 2.54. The van der Waals surface area contributed by atoms with E-state index in [1.807, 2.05) is 13.0 Å². The lowest BCUT2D eigenvalue weighted by Gasteiger charge is -2.17.